The standard InChI is InChI=1S/2C4H6O3.2C4H8O2/c2*1-3(5)2-4(6)7;2*1-2-3-4(5)6/h2*2H2,1H3,(H,6,7);2*2-3H2,1H3,(H,5,6). The monoisotopic (exact) mass is 380 g/mol. The first kappa shape index (κ1) is 31.0. The van der Waals surface area contributed by atoms with Crippen LogP contribution in [0, 0.1) is 0 Å². The Hall–Kier alpha value is -2.78. The maximum atomic E-state index is 9.87. The highest BCUT2D eigenvalue weighted by Gasteiger charge is 1.98. The minimum absolute atomic E-state index is 0.292. The smallest absolute Gasteiger partial charge is 0.310 e. The van der Waals surface area contributed by atoms with Crippen molar-refractivity contribution in [3.05, 3.63) is 0 Å². The molecule has 0 spiro atoms. The van der Waals surface area contributed by atoms with E-state index in [1.54, 1.807) is 0 Å². The van der Waals surface area contributed by atoms with Gasteiger partial charge in [0.15, 0.2) is 0 Å². The van der Waals surface area contributed by atoms with Gasteiger partial charge >= 0.3 is 23.9 Å². The summed E-state index contributed by atoms with van der Waals surface area (Å²) in [7, 11) is 0. The number of carbonyl (C=O) groups excluding carboxylic acids is 2. The van der Waals surface area contributed by atoms with Gasteiger partial charge in [-0.05, 0) is 26.7 Å². The molecule has 10 heteroatoms. The molecule has 0 saturated carbocycles. The van der Waals surface area contributed by atoms with Gasteiger partial charge in [0.2, 0.25) is 0 Å². The van der Waals surface area contributed by atoms with Crippen LogP contribution in [-0.2, 0) is 28.8 Å². The van der Waals surface area contributed by atoms with E-state index >= 15 is 0 Å². The van der Waals surface area contributed by atoms with Gasteiger partial charge in [-0.25, -0.2) is 0 Å². The van der Waals surface area contributed by atoms with Crippen molar-refractivity contribution in [1.29, 1.82) is 0 Å². The number of hydrogen-bond acceptors (Lipinski definition) is 6. The average Bonchev–Trinajstić information content (AvgIpc) is 2.36. The first-order valence-electron chi connectivity index (χ1n) is 7.65. The second kappa shape index (κ2) is 22.2. The SMILES string of the molecule is CC(=O)CC(=O)O.CC(=O)CC(=O)O.CCCC(=O)O.CCCC(=O)O. The molecule has 4 N–H and O–H groups in total. The number of rotatable bonds is 8. The highest BCUT2D eigenvalue weighted by Crippen LogP contribution is 1.82. The van der Waals surface area contributed by atoms with Gasteiger partial charge in [-0.2, -0.15) is 0 Å². The third-order valence-electron chi connectivity index (χ3n) is 1.73. The molecule has 0 heterocycles. The Bertz CT molecular complexity index is 388. The normalized spacial score (nSPS) is 8.15. The van der Waals surface area contributed by atoms with Crippen LogP contribution in [-0.4, -0.2) is 55.9 Å². The molecule has 152 valence electrons. The van der Waals surface area contributed by atoms with Crippen LogP contribution in [0.5, 0.6) is 0 Å². The molecule has 0 aromatic rings. The number of carboxylic acids is 4. The topological polar surface area (TPSA) is 183 Å². The fourth-order valence-corrected chi connectivity index (χ4v) is 0.854. The van der Waals surface area contributed by atoms with E-state index in [0.717, 1.165) is 12.8 Å². The summed E-state index contributed by atoms with van der Waals surface area (Å²) in [5.74, 6) is -4.17. The number of carbonyl (C=O) groups is 6. The molecule has 0 rings (SSSR count). The van der Waals surface area contributed by atoms with E-state index < -0.39 is 23.9 Å². The fourth-order valence-electron chi connectivity index (χ4n) is 0.854. The van der Waals surface area contributed by atoms with Crippen molar-refractivity contribution in [2.45, 2.75) is 66.2 Å². The Labute approximate surface area is 151 Å². The zero-order valence-electron chi connectivity index (χ0n) is 15.5. The molecule has 0 atom stereocenters. The van der Waals surface area contributed by atoms with Crippen molar-refractivity contribution < 1.29 is 49.2 Å². The highest BCUT2D eigenvalue weighted by atomic mass is 16.4. The van der Waals surface area contributed by atoms with Gasteiger partial charge in [-0.15, -0.1) is 0 Å². The summed E-state index contributed by atoms with van der Waals surface area (Å²) in [4.78, 5) is 58.1. The molecule has 26 heavy (non-hydrogen) atoms. The summed E-state index contributed by atoms with van der Waals surface area (Å²) in [6, 6.07) is 0. The highest BCUT2D eigenvalue weighted by molar-refractivity contribution is 5.93. The predicted molar refractivity (Wildman–Crippen MR) is 91.0 cm³/mol. The first-order chi connectivity index (χ1) is 11.8. The van der Waals surface area contributed by atoms with Crippen molar-refractivity contribution >= 4 is 35.4 Å². The molecule has 0 radical (unpaired) electrons. The molecule has 0 aromatic heterocycles. The molecule has 0 aromatic carbocycles. The van der Waals surface area contributed by atoms with Crippen molar-refractivity contribution in [1.82, 2.24) is 0 Å². The van der Waals surface area contributed by atoms with Crippen LogP contribution in [0.3, 0.4) is 0 Å². The van der Waals surface area contributed by atoms with Crippen LogP contribution >= 0.6 is 0 Å². The number of ketones is 2. The lowest BCUT2D eigenvalue weighted by molar-refractivity contribution is -0.141. The number of Topliss-reactive ketones (excluding diaryl/α,β-unsaturated/α-hetero) is 2. The second-order valence-corrected chi connectivity index (χ2v) is 4.83. The maximum Gasteiger partial charge on any atom is 0.310 e. The average molecular weight is 380 g/mol. The number of carboxylic acid groups (broad SMARTS) is 4. The van der Waals surface area contributed by atoms with Crippen LogP contribution in [0.25, 0.3) is 0 Å². The lowest BCUT2D eigenvalue weighted by atomic mass is 10.3. The minimum atomic E-state index is -1.06. The summed E-state index contributed by atoms with van der Waals surface area (Å²) in [6.07, 6.45) is 1.32. The molecular weight excluding hydrogens is 352 g/mol. The van der Waals surface area contributed by atoms with Gasteiger partial charge in [-0.1, -0.05) is 13.8 Å². The van der Waals surface area contributed by atoms with Gasteiger partial charge in [0.1, 0.15) is 24.4 Å². The van der Waals surface area contributed by atoms with Crippen molar-refractivity contribution in [3.8, 4) is 0 Å². The van der Waals surface area contributed by atoms with Gasteiger partial charge < -0.3 is 20.4 Å². The Balaban J connectivity index is -0.000000124. The van der Waals surface area contributed by atoms with Crippen molar-refractivity contribution in [3.63, 3.8) is 0 Å². The Morgan fingerprint density at radius 1 is 0.538 bits per heavy atom. The summed E-state index contributed by atoms with van der Waals surface area (Å²) in [5.41, 5.74) is 0. The molecule has 0 aliphatic rings. The van der Waals surface area contributed by atoms with E-state index in [2.05, 4.69) is 0 Å². The van der Waals surface area contributed by atoms with E-state index in [-0.39, 0.29) is 24.4 Å². The van der Waals surface area contributed by atoms with Gasteiger partial charge in [-0.3, -0.25) is 28.8 Å². The molecule has 10 nitrogen and oxygen atoms in total. The van der Waals surface area contributed by atoms with Crippen LogP contribution in [0.15, 0.2) is 0 Å². The van der Waals surface area contributed by atoms with Crippen molar-refractivity contribution in [2.24, 2.45) is 0 Å². The van der Waals surface area contributed by atoms with Gasteiger partial charge in [0.25, 0.3) is 0 Å². The molecular formula is C16H28O10. The van der Waals surface area contributed by atoms with E-state index in [1.165, 1.54) is 13.8 Å². The Kier molecular flexibility index (Phi) is 26.5. The largest absolute Gasteiger partial charge is 0.481 e. The predicted octanol–water partition coefficient (Wildman–Crippen LogP) is 1.84. The van der Waals surface area contributed by atoms with E-state index in [1.807, 2.05) is 13.8 Å². The Morgan fingerprint density at radius 2 is 0.769 bits per heavy atom. The van der Waals surface area contributed by atoms with E-state index in [0.29, 0.717) is 12.8 Å². The zero-order chi connectivity index (χ0) is 21.7. The third kappa shape index (κ3) is 68.9. The second-order valence-electron chi connectivity index (χ2n) is 4.83. The van der Waals surface area contributed by atoms with Gasteiger partial charge in [0.05, 0.1) is 0 Å². The molecule has 0 aliphatic carbocycles. The van der Waals surface area contributed by atoms with Crippen LogP contribution < -0.4 is 0 Å². The molecule has 0 unspecified atom stereocenters. The Morgan fingerprint density at radius 3 is 0.769 bits per heavy atom. The third-order valence-corrected chi connectivity index (χ3v) is 1.73. The van der Waals surface area contributed by atoms with Gasteiger partial charge in [0, 0.05) is 12.8 Å². The summed E-state index contributed by atoms with van der Waals surface area (Å²) >= 11 is 0. The van der Waals surface area contributed by atoms with E-state index in [9.17, 15) is 28.8 Å². The number of aliphatic carboxylic acids is 4. The van der Waals surface area contributed by atoms with Crippen LogP contribution in [0.1, 0.15) is 66.2 Å². The maximum absolute atomic E-state index is 9.87. The number of hydrogen-bond donors (Lipinski definition) is 4. The fraction of sp³-hybridized carbons (Fsp3) is 0.625. The van der Waals surface area contributed by atoms with Crippen molar-refractivity contribution in [2.75, 3.05) is 0 Å². The summed E-state index contributed by atoms with van der Waals surface area (Å²) < 4.78 is 0. The zero-order valence-corrected chi connectivity index (χ0v) is 15.5. The lowest BCUT2D eigenvalue weighted by Crippen LogP contribution is -2.00. The molecule has 0 fully saturated rings. The van der Waals surface area contributed by atoms with Crippen LogP contribution in [0.4, 0.5) is 0 Å². The summed E-state index contributed by atoms with van der Waals surface area (Å²) in [6.45, 7) is 6.17. The lowest BCUT2D eigenvalue weighted by Gasteiger charge is -1.80. The molecule has 0 aliphatic heterocycles. The first-order valence-corrected chi connectivity index (χ1v) is 7.65. The molecule has 0 saturated heterocycles. The quantitative estimate of drug-likeness (QED) is 0.453. The minimum Gasteiger partial charge on any atom is -0.481 e. The van der Waals surface area contributed by atoms with Crippen LogP contribution in [0.2, 0.25) is 0 Å². The summed E-state index contributed by atoms with van der Waals surface area (Å²) in [5, 5.41) is 31.6. The molecule has 0 bridgehead atoms. The van der Waals surface area contributed by atoms with E-state index in [4.69, 9.17) is 20.4 Å². The molecule has 0 amide bonds.